The Bertz CT molecular complexity index is 1060. The van der Waals surface area contributed by atoms with Gasteiger partial charge in [0.25, 0.3) is 0 Å². The maximum Gasteiger partial charge on any atom is 0.148 e. The molecule has 1 N–H and O–H groups in total. The molecule has 0 spiro atoms. The van der Waals surface area contributed by atoms with E-state index in [2.05, 4.69) is 9.97 Å². The van der Waals surface area contributed by atoms with E-state index in [1.807, 2.05) is 22.9 Å². The molecular weight excluding hydrogens is 367 g/mol. The Kier molecular flexibility index (Phi) is 4.64. The molecule has 0 aliphatic heterocycles. The molecule has 5 nitrogen and oxygen atoms in total. The van der Waals surface area contributed by atoms with Crippen LogP contribution in [-0.2, 0) is 6.42 Å². The molecule has 0 unspecified atom stereocenters. The lowest BCUT2D eigenvalue weighted by molar-refractivity contribution is 0.415. The third-order valence-electron chi connectivity index (χ3n) is 4.17. The van der Waals surface area contributed by atoms with Gasteiger partial charge in [-0.05, 0) is 42.5 Å². The number of methoxy groups -OCH3 is 1. The third kappa shape index (κ3) is 3.57. The summed E-state index contributed by atoms with van der Waals surface area (Å²) in [5.41, 5.74) is 2.22. The van der Waals surface area contributed by atoms with Crippen LogP contribution in [0.25, 0.3) is 17.1 Å². The monoisotopic (exact) mass is 382 g/mol. The second kappa shape index (κ2) is 7.25. The first kappa shape index (κ1) is 17.3. The zero-order chi connectivity index (χ0) is 18.8. The summed E-state index contributed by atoms with van der Waals surface area (Å²) in [4.78, 5) is 12.0. The predicted octanol–water partition coefficient (Wildman–Crippen LogP) is 4.65. The molecule has 0 bridgehead atoms. The standard InChI is InChI=1S/C20H16ClFN4O/c1-27-18-7-4-14(22)10-17(18)20-25-15(11-19-23-8-9-24-19)12-26(20)16-5-2-13(21)3-6-16/h2-10,12H,11H2,1H3,(H,23,24). The van der Waals surface area contributed by atoms with Crippen LogP contribution in [0.2, 0.25) is 5.02 Å². The van der Waals surface area contributed by atoms with Crippen molar-refractivity contribution in [1.29, 1.82) is 0 Å². The van der Waals surface area contributed by atoms with Gasteiger partial charge in [-0.25, -0.2) is 14.4 Å². The van der Waals surface area contributed by atoms with Gasteiger partial charge in [-0.3, -0.25) is 4.57 Å². The molecule has 4 rings (SSSR count). The fraction of sp³-hybridized carbons (Fsp3) is 0.100. The molecule has 136 valence electrons. The molecule has 4 aromatic rings. The number of rotatable bonds is 5. The molecule has 2 heterocycles. The summed E-state index contributed by atoms with van der Waals surface area (Å²) in [5.74, 6) is 1.56. The lowest BCUT2D eigenvalue weighted by Crippen LogP contribution is -1.98. The first-order valence-corrected chi connectivity index (χ1v) is 8.68. The van der Waals surface area contributed by atoms with Crippen LogP contribution in [0.4, 0.5) is 4.39 Å². The van der Waals surface area contributed by atoms with E-state index in [1.54, 1.807) is 37.7 Å². The van der Waals surface area contributed by atoms with Crippen LogP contribution in [0.15, 0.2) is 61.1 Å². The van der Waals surface area contributed by atoms with Crippen molar-refractivity contribution >= 4 is 11.6 Å². The molecule has 0 radical (unpaired) electrons. The van der Waals surface area contributed by atoms with E-state index in [4.69, 9.17) is 21.3 Å². The number of hydrogen-bond donors (Lipinski definition) is 1. The number of ether oxygens (including phenoxy) is 1. The fourth-order valence-corrected chi connectivity index (χ4v) is 3.05. The van der Waals surface area contributed by atoms with Gasteiger partial charge in [-0.1, -0.05) is 11.6 Å². The van der Waals surface area contributed by atoms with Gasteiger partial charge in [0.1, 0.15) is 23.2 Å². The summed E-state index contributed by atoms with van der Waals surface area (Å²) in [5, 5.41) is 0.638. The van der Waals surface area contributed by atoms with Crippen molar-refractivity contribution in [3.05, 3.63) is 83.4 Å². The number of aromatic nitrogens is 4. The molecule has 0 aliphatic rings. The zero-order valence-electron chi connectivity index (χ0n) is 14.5. The summed E-state index contributed by atoms with van der Waals surface area (Å²) in [7, 11) is 1.55. The van der Waals surface area contributed by atoms with Crippen molar-refractivity contribution in [2.24, 2.45) is 0 Å². The average molecular weight is 383 g/mol. The van der Waals surface area contributed by atoms with Gasteiger partial charge < -0.3 is 9.72 Å². The van der Waals surface area contributed by atoms with E-state index in [1.165, 1.54) is 12.1 Å². The smallest absolute Gasteiger partial charge is 0.148 e. The predicted molar refractivity (Wildman–Crippen MR) is 102 cm³/mol. The van der Waals surface area contributed by atoms with Gasteiger partial charge in [-0.15, -0.1) is 0 Å². The molecule has 0 fully saturated rings. The summed E-state index contributed by atoms with van der Waals surface area (Å²) in [6, 6.07) is 11.8. The number of nitrogens with zero attached hydrogens (tertiary/aromatic N) is 3. The molecule has 0 aliphatic carbocycles. The van der Waals surface area contributed by atoms with Crippen molar-refractivity contribution in [3.63, 3.8) is 0 Å². The van der Waals surface area contributed by atoms with Gasteiger partial charge in [-0.2, -0.15) is 0 Å². The maximum absolute atomic E-state index is 13.9. The average Bonchev–Trinajstić information content (AvgIpc) is 3.32. The number of benzene rings is 2. The summed E-state index contributed by atoms with van der Waals surface area (Å²) in [6.07, 6.45) is 5.90. The summed E-state index contributed by atoms with van der Waals surface area (Å²) in [6.45, 7) is 0. The zero-order valence-corrected chi connectivity index (χ0v) is 15.2. The Balaban J connectivity index is 1.87. The van der Waals surface area contributed by atoms with E-state index in [0.717, 1.165) is 17.2 Å². The highest BCUT2D eigenvalue weighted by Crippen LogP contribution is 2.32. The van der Waals surface area contributed by atoms with E-state index >= 15 is 0 Å². The number of nitrogens with one attached hydrogen (secondary N) is 1. The highest BCUT2D eigenvalue weighted by molar-refractivity contribution is 6.30. The Morgan fingerprint density at radius 2 is 2.00 bits per heavy atom. The molecule has 0 saturated heterocycles. The van der Waals surface area contributed by atoms with Crippen LogP contribution in [0.3, 0.4) is 0 Å². The van der Waals surface area contributed by atoms with Gasteiger partial charge in [0.2, 0.25) is 0 Å². The van der Waals surface area contributed by atoms with Crippen LogP contribution in [-0.4, -0.2) is 26.6 Å². The Morgan fingerprint density at radius 1 is 1.19 bits per heavy atom. The fourth-order valence-electron chi connectivity index (χ4n) is 2.92. The third-order valence-corrected chi connectivity index (χ3v) is 4.42. The minimum absolute atomic E-state index is 0.357. The summed E-state index contributed by atoms with van der Waals surface area (Å²) >= 11 is 6.02. The summed E-state index contributed by atoms with van der Waals surface area (Å²) < 4.78 is 21.3. The van der Waals surface area contributed by atoms with E-state index in [9.17, 15) is 4.39 Å². The molecule has 0 saturated carbocycles. The normalized spacial score (nSPS) is 10.9. The molecule has 27 heavy (non-hydrogen) atoms. The minimum atomic E-state index is -0.357. The van der Waals surface area contributed by atoms with E-state index in [0.29, 0.717) is 28.6 Å². The maximum atomic E-state index is 13.9. The van der Waals surface area contributed by atoms with Crippen molar-refractivity contribution < 1.29 is 9.13 Å². The minimum Gasteiger partial charge on any atom is -0.496 e. The number of hydrogen-bond acceptors (Lipinski definition) is 3. The van der Waals surface area contributed by atoms with Gasteiger partial charge in [0, 0.05) is 35.7 Å². The topological polar surface area (TPSA) is 55.7 Å². The van der Waals surface area contributed by atoms with Gasteiger partial charge in [0.15, 0.2) is 0 Å². The van der Waals surface area contributed by atoms with Gasteiger partial charge in [0.05, 0.1) is 18.4 Å². The molecule has 7 heteroatoms. The molecule has 2 aromatic carbocycles. The highest BCUT2D eigenvalue weighted by atomic mass is 35.5. The number of imidazole rings is 2. The molecule has 0 amide bonds. The quantitative estimate of drug-likeness (QED) is 0.546. The van der Waals surface area contributed by atoms with E-state index in [-0.39, 0.29) is 5.82 Å². The Morgan fingerprint density at radius 3 is 2.70 bits per heavy atom. The number of aromatic amines is 1. The van der Waals surface area contributed by atoms with Crippen LogP contribution in [0.1, 0.15) is 11.5 Å². The largest absolute Gasteiger partial charge is 0.496 e. The molecule has 2 aromatic heterocycles. The Labute approximate surface area is 160 Å². The van der Waals surface area contributed by atoms with Crippen LogP contribution < -0.4 is 4.74 Å². The van der Waals surface area contributed by atoms with Crippen molar-refractivity contribution in [2.45, 2.75) is 6.42 Å². The first-order chi connectivity index (χ1) is 13.1. The van der Waals surface area contributed by atoms with Crippen LogP contribution in [0, 0.1) is 5.82 Å². The first-order valence-electron chi connectivity index (χ1n) is 8.30. The second-order valence-electron chi connectivity index (χ2n) is 5.96. The number of halogens is 2. The molecular formula is C20H16ClFN4O. The van der Waals surface area contributed by atoms with Crippen molar-refractivity contribution in [3.8, 4) is 22.8 Å². The lowest BCUT2D eigenvalue weighted by Gasteiger charge is -2.11. The van der Waals surface area contributed by atoms with Crippen LogP contribution in [0.5, 0.6) is 5.75 Å². The SMILES string of the molecule is COc1ccc(F)cc1-c1nc(Cc2ncc[nH]2)cn1-c1ccc(Cl)cc1. The van der Waals surface area contributed by atoms with Crippen molar-refractivity contribution in [1.82, 2.24) is 19.5 Å². The number of H-pyrrole nitrogens is 1. The van der Waals surface area contributed by atoms with Crippen LogP contribution >= 0.6 is 11.6 Å². The van der Waals surface area contributed by atoms with Gasteiger partial charge >= 0.3 is 0 Å². The highest BCUT2D eigenvalue weighted by Gasteiger charge is 2.17. The van der Waals surface area contributed by atoms with E-state index < -0.39 is 0 Å². The Hall–Kier alpha value is -3.12. The second-order valence-corrected chi connectivity index (χ2v) is 6.40. The molecule has 0 atom stereocenters. The lowest BCUT2D eigenvalue weighted by atomic mass is 10.1. The van der Waals surface area contributed by atoms with Crippen molar-refractivity contribution in [2.75, 3.05) is 7.11 Å².